The molecular formula is C13H12N4S2. The van der Waals surface area contributed by atoms with Crippen molar-refractivity contribution in [3.05, 3.63) is 36.1 Å². The van der Waals surface area contributed by atoms with Crippen molar-refractivity contribution in [3.8, 4) is 21.1 Å². The molecule has 0 aliphatic carbocycles. The first-order valence-corrected chi connectivity index (χ1v) is 7.62. The van der Waals surface area contributed by atoms with Crippen LogP contribution in [-0.2, 0) is 0 Å². The molecule has 0 saturated heterocycles. The number of hydrogen-bond acceptors (Lipinski definition) is 6. The van der Waals surface area contributed by atoms with Gasteiger partial charge in [-0.3, -0.25) is 4.98 Å². The van der Waals surface area contributed by atoms with Gasteiger partial charge in [-0.2, -0.15) is 0 Å². The van der Waals surface area contributed by atoms with Gasteiger partial charge < -0.3 is 5.32 Å². The number of pyridine rings is 1. The molecule has 3 rings (SSSR count). The van der Waals surface area contributed by atoms with Crippen LogP contribution in [0.1, 0.15) is 6.92 Å². The lowest BCUT2D eigenvalue weighted by molar-refractivity contribution is 1.19. The van der Waals surface area contributed by atoms with Crippen molar-refractivity contribution in [3.63, 3.8) is 0 Å². The van der Waals surface area contributed by atoms with E-state index < -0.39 is 0 Å². The number of rotatable bonds is 4. The first kappa shape index (κ1) is 12.3. The number of nitrogens with zero attached hydrogens (tertiary/aromatic N) is 3. The molecule has 0 bridgehead atoms. The molecule has 0 radical (unpaired) electrons. The fourth-order valence-electron chi connectivity index (χ4n) is 1.63. The molecule has 0 saturated carbocycles. The maximum atomic E-state index is 4.54. The molecule has 0 spiro atoms. The van der Waals surface area contributed by atoms with Gasteiger partial charge in [0.1, 0.15) is 5.01 Å². The minimum absolute atomic E-state index is 0.885. The maximum Gasteiger partial charge on any atom is 0.183 e. The number of thiazole rings is 2. The van der Waals surface area contributed by atoms with Gasteiger partial charge in [0.05, 0.1) is 10.6 Å². The number of nitrogens with one attached hydrogen (secondary N) is 1. The first-order chi connectivity index (χ1) is 9.36. The zero-order valence-corrected chi connectivity index (χ0v) is 12.0. The molecule has 3 aromatic heterocycles. The van der Waals surface area contributed by atoms with Gasteiger partial charge in [-0.05, 0) is 19.1 Å². The summed E-state index contributed by atoms with van der Waals surface area (Å²) in [7, 11) is 0. The molecule has 6 heteroatoms. The van der Waals surface area contributed by atoms with Gasteiger partial charge in [-0.1, -0.05) is 0 Å². The minimum atomic E-state index is 0.885. The Labute approximate surface area is 119 Å². The average molecular weight is 288 g/mol. The predicted octanol–water partition coefficient (Wildman–Crippen LogP) is 3.76. The zero-order chi connectivity index (χ0) is 13.1. The molecule has 19 heavy (non-hydrogen) atoms. The molecule has 0 aromatic carbocycles. The monoisotopic (exact) mass is 288 g/mol. The summed E-state index contributed by atoms with van der Waals surface area (Å²) in [6.07, 6.45) is 5.46. The lowest BCUT2D eigenvalue weighted by Gasteiger charge is -1.94. The summed E-state index contributed by atoms with van der Waals surface area (Å²) in [6.45, 7) is 2.95. The smallest absolute Gasteiger partial charge is 0.183 e. The molecular weight excluding hydrogens is 276 g/mol. The van der Waals surface area contributed by atoms with Crippen LogP contribution in [0.4, 0.5) is 5.13 Å². The average Bonchev–Trinajstić information content (AvgIpc) is 3.08. The largest absolute Gasteiger partial charge is 0.362 e. The molecule has 0 amide bonds. The lowest BCUT2D eigenvalue weighted by atomic mass is 10.3. The van der Waals surface area contributed by atoms with E-state index in [1.165, 1.54) is 0 Å². The molecule has 0 atom stereocenters. The highest BCUT2D eigenvalue weighted by Crippen LogP contribution is 2.33. The summed E-state index contributed by atoms with van der Waals surface area (Å²) in [4.78, 5) is 14.2. The molecule has 0 fully saturated rings. The Kier molecular flexibility index (Phi) is 3.52. The van der Waals surface area contributed by atoms with E-state index in [1.807, 2.05) is 24.5 Å². The topological polar surface area (TPSA) is 50.7 Å². The zero-order valence-electron chi connectivity index (χ0n) is 10.3. The van der Waals surface area contributed by atoms with Crippen LogP contribution in [0.25, 0.3) is 21.1 Å². The summed E-state index contributed by atoms with van der Waals surface area (Å²) in [5, 5.41) is 7.20. The molecule has 4 nitrogen and oxygen atoms in total. The Morgan fingerprint density at radius 2 is 2.26 bits per heavy atom. The Morgan fingerprint density at radius 1 is 1.32 bits per heavy atom. The molecule has 3 aromatic rings. The fourth-order valence-corrected chi connectivity index (χ4v) is 3.36. The van der Waals surface area contributed by atoms with Crippen LogP contribution in [0.5, 0.6) is 0 Å². The number of aromatic nitrogens is 3. The standard InChI is InChI=1S/C13H12N4S2/c1-2-15-13-17-10(8-18-13)11-7-16-12(19-11)9-4-3-5-14-6-9/h3-8H,2H2,1H3,(H,15,17). The maximum absolute atomic E-state index is 4.54. The first-order valence-electron chi connectivity index (χ1n) is 5.93. The normalized spacial score (nSPS) is 10.6. The van der Waals surface area contributed by atoms with E-state index in [4.69, 9.17) is 0 Å². The summed E-state index contributed by atoms with van der Waals surface area (Å²) in [6, 6.07) is 3.93. The summed E-state index contributed by atoms with van der Waals surface area (Å²) in [5.74, 6) is 0. The lowest BCUT2D eigenvalue weighted by Crippen LogP contribution is -1.94. The van der Waals surface area contributed by atoms with Crippen molar-refractivity contribution in [2.75, 3.05) is 11.9 Å². The second-order valence-electron chi connectivity index (χ2n) is 3.84. The highest BCUT2D eigenvalue weighted by atomic mass is 32.1. The van der Waals surface area contributed by atoms with Crippen LogP contribution in [0.15, 0.2) is 36.1 Å². The van der Waals surface area contributed by atoms with Crippen LogP contribution in [0.3, 0.4) is 0 Å². The van der Waals surface area contributed by atoms with E-state index >= 15 is 0 Å². The molecule has 3 heterocycles. The van der Waals surface area contributed by atoms with Crippen LogP contribution < -0.4 is 5.32 Å². The van der Waals surface area contributed by atoms with Crippen molar-refractivity contribution in [1.82, 2.24) is 15.0 Å². The molecule has 0 aliphatic heterocycles. The Bertz CT molecular complexity index is 660. The quantitative estimate of drug-likeness (QED) is 0.794. The van der Waals surface area contributed by atoms with Crippen LogP contribution in [-0.4, -0.2) is 21.5 Å². The number of hydrogen-bond donors (Lipinski definition) is 1. The van der Waals surface area contributed by atoms with Crippen LogP contribution >= 0.6 is 22.7 Å². The van der Waals surface area contributed by atoms with Gasteiger partial charge in [0.2, 0.25) is 0 Å². The second kappa shape index (κ2) is 5.46. The Morgan fingerprint density at radius 3 is 3.05 bits per heavy atom. The SMILES string of the molecule is CCNc1nc(-c2cnc(-c3cccnc3)s2)cs1. The van der Waals surface area contributed by atoms with Gasteiger partial charge in [0.25, 0.3) is 0 Å². The molecule has 0 unspecified atom stereocenters. The van der Waals surface area contributed by atoms with Crippen LogP contribution in [0, 0.1) is 0 Å². The summed E-state index contributed by atoms with van der Waals surface area (Å²) in [5.41, 5.74) is 2.02. The van der Waals surface area contributed by atoms with E-state index in [-0.39, 0.29) is 0 Å². The van der Waals surface area contributed by atoms with E-state index in [9.17, 15) is 0 Å². The van der Waals surface area contributed by atoms with Gasteiger partial charge in [-0.15, -0.1) is 22.7 Å². The van der Waals surface area contributed by atoms with Crippen molar-refractivity contribution in [2.24, 2.45) is 0 Å². The number of anilines is 1. The summed E-state index contributed by atoms with van der Waals surface area (Å²) >= 11 is 3.25. The highest BCUT2D eigenvalue weighted by Gasteiger charge is 2.09. The summed E-state index contributed by atoms with van der Waals surface area (Å²) < 4.78 is 0. The van der Waals surface area contributed by atoms with Crippen molar-refractivity contribution in [1.29, 1.82) is 0 Å². The third-order valence-corrected chi connectivity index (χ3v) is 4.37. The molecule has 0 aliphatic rings. The van der Waals surface area contributed by atoms with Crippen molar-refractivity contribution < 1.29 is 0 Å². The third-order valence-electron chi connectivity index (χ3n) is 2.50. The fraction of sp³-hybridized carbons (Fsp3) is 0.154. The van der Waals surface area contributed by atoms with Gasteiger partial charge in [0, 0.05) is 36.1 Å². The van der Waals surface area contributed by atoms with E-state index in [0.29, 0.717) is 0 Å². The van der Waals surface area contributed by atoms with Gasteiger partial charge >= 0.3 is 0 Å². The third kappa shape index (κ3) is 2.64. The highest BCUT2D eigenvalue weighted by molar-refractivity contribution is 7.19. The Hall–Kier alpha value is -1.79. The van der Waals surface area contributed by atoms with Gasteiger partial charge in [-0.25, -0.2) is 9.97 Å². The van der Waals surface area contributed by atoms with Gasteiger partial charge in [0.15, 0.2) is 5.13 Å². The Balaban J connectivity index is 1.88. The minimum Gasteiger partial charge on any atom is -0.362 e. The van der Waals surface area contributed by atoms with Crippen LogP contribution in [0.2, 0.25) is 0 Å². The van der Waals surface area contributed by atoms with Crippen molar-refractivity contribution >= 4 is 27.8 Å². The van der Waals surface area contributed by atoms with Crippen molar-refractivity contribution in [2.45, 2.75) is 6.92 Å². The molecule has 1 N–H and O–H groups in total. The predicted molar refractivity (Wildman–Crippen MR) is 80.6 cm³/mol. The van der Waals surface area contributed by atoms with E-state index in [2.05, 4.69) is 32.6 Å². The second-order valence-corrected chi connectivity index (χ2v) is 5.73. The van der Waals surface area contributed by atoms with E-state index in [1.54, 1.807) is 28.9 Å². The molecule has 96 valence electrons. The van der Waals surface area contributed by atoms with E-state index in [0.717, 1.165) is 32.8 Å².